The second kappa shape index (κ2) is 16.3. The van der Waals surface area contributed by atoms with Crippen molar-refractivity contribution >= 4 is 51.9 Å². The number of benzene rings is 9. The van der Waals surface area contributed by atoms with Crippen LogP contribution in [0.1, 0.15) is 38.8 Å². The van der Waals surface area contributed by atoms with Gasteiger partial charge in [-0.05, 0) is 166 Å². The molecule has 350 valence electrons. The predicted octanol–water partition coefficient (Wildman–Crippen LogP) is 16.3. The summed E-state index contributed by atoms with van der Waals surface area (Å²) in [5.41, 5.74) is 25.5. The van der Waals surface area contributed by atoms with Crippen LogP contribution in [0, 0.1) is 18.8 Å². The van der Waals surface area contributed by atoms with Crippen LogP contribution in [-0.4, -0.2) is 12.4 Å². The predicted molar refractivity (Wildman–Crippen MR) is 308 cm³/mol. The number of allylic oxidation sites excluding steroid dienone is 4. The number of hydrogen-bond donors (Lipinski definition) is 0. The van der Waals surface area contributed by atoms with Gasteiger partial charge in [-0.15, -0.1) is 0 Å². The van der Waals surface area contributed by atoms with Crippen LogP contribution in [0.25, 0.3) is 44.5 Å². The number of nitrogens with zero attached hydrogens (tertiary/aromatic N) is 3. The third kappa shape index (κ3) is 6.45. The highest BCUT2D eigenvalue weighted by molar-refractivity contribution is 6.93. The third-order valence-electron chi connectivity index (χ3n) is 17.0. The Morgan fingerprint density at radius 3 is 1.67 bits per heavy atom. The van der Waals surface area contributed by atoms with Crippen LogP contribution in [0.5, 0.6) is 0 Å². The van der Waals surface area contributed by atoms with E-state index in [1.807, 2.05) is 0 Å². The van der Waals surface area contributed by atoms with Crippen LogP contribution in [0.15, 0.2) is 253 Å². The Morgan fingerprint density at radius 2 is 1.03 bits per heavy atom. The average Bonchev–Trinajstić information content (AvgIpc) is 3.44. The average molecular weight is 938 g/mol. The Labute approximate surface area is 430 Å². The van der Waals surface area contributed by atoms with Gasteiger partial charge in [0.05, 0.1) is 5.54 Å². The van der Waals surface area contributed by atoms with E-state index in [0.29, 0.717) is 0 Å². The van der Waals surface area contributed by atoms with E-state index in [4.69, 9.17) is 0 Å². The zero-order chi connectivity index (χ0) is 49.2. The molecular formula is C69H56BN3. The van der Waals surface area contributed by atoms with Gasteiger partial charge in [-0.2, -0.15) is 0 Å². The van der Waals surface area contributed by atoms with Crippen LogP contribution < -0.4 is 25.5 Å². The molecule has 0 fully saturated rings. The van der Waals surface area contributed by atoms with Crippen LogP contribution in [0.3, 0.4) is 0 Å². The van der Waals surface area contributed by atoms with E-state index < -0.39 is 11.0 Å². The van der Waals surface area contributed by atoms with Crippen molar-refractivity contribution in [1.82, 2.24) is 0 Å². The molecule has 5 aliphatic rings. The molecule has 3 nitrogen and oxygen atoms in total. The normalized spacial score (nSPS) is 20.9. The minimum Gasteiger partial charge on any atom is -0.380 e. The molecule has 2 aliphatic carbocycles. The molecule has 73 heavy (non-hydrogen) atoms. The molecule has 4 heteroatoms. The van der Waals surface area contributed by atoms with Gasteiger partial charge in [0.25, 0.3) is 0 Å². The molecule has 0 N–H and O–H groups in total. The lowest BCUT2D eigenvalue weighted by molar-refractivity contribution is 0.474. The summed E-state index contributed by atoms with van der Waals surface area (Å²) in [7, 11) is 0. The van der Waals surface area contributed by atoms with E-state index in [2.05, 4.69) is 286 Å². The van der Waals surface area contributed by atoms with Gasteiger partial charge in [0.15, 0.2) is 0 Å². The summed E-state index contributed by atoms with van der Waals surface area (Å²) in [5.74, 6) is 0.265. The fourth-order valence-electron chi connectivity index (χ4n) is 13.8. The molecule has 0 amide bonds. The summed E-state index contributed by atoms with van der Waals surface area (Å²) in [6.07, 6.45) is 7.72. The van der Waals surface area contributed by atoms with Crippen LogP contribution >= 0.6 is 0 Å². The van der Waals surface area contributed by atoms with E-state index in [-0.39, 0.29) is 18.7 Å². The number of para-hydroxylation sites is 1. The Hall–Kier alpha value is -8.34. The van der Waals surface area contributed by atoms with Crippen LogP contribution in [-0.2, 0) is 5.41 Å². The number of fused-ring (bicyclic) bond motifs is 6. The van der Waals surface area contributed by atoms with E-state index in [1.165, 1.54) is 118 Å². The molecule has 3 aliphatic heterocycles. The Balaban J connectivity index is 1.14. The molecule has 4 atom stereocenters. The summed E-state index contributed by atoms with van der Waals surface area (Å²) >= 11 is 0. The zero-order valence-electron chi connectivity index (χ0n) is 42.1. The van der Waals surface area contributed by atoms with Gasteiger partial charge in [0.1, 0.15) is 0 Å². The minimum absolute atomic E-state index is 0.0453. The zero-order valence-corrected chi connectivity index (χ0v) is 42.1. The Morgan fingerprint density at radius 1 is 0.466 bits per heavy atom. The fraction of sp³-hybridized carbons (Fsp3) is 0.130. The molecular weight excluding hydrogens is 882 g/mol. The number of hydrogen-bond acceptors (Lipinski definition) is 3. The topological polar surface area (TPSA) is 9.72 Å². The number of rotatable bonds is 6. The van der Waals surface area contributed by atoms with Crippen molar-refractivity contribution in [3.8, 4) is 44.5 Å². The van der Waals surface area contributed by atoms with Gasteiger partial charge < -0.3 is 14.6 Å². The van der Waals surface area contributed by atoms with Crippen LogP contribution in [0.4, 0.5) is 34.1 Å². The van der Waals surface area contributed by atoms with Gasteiger partial charge in [-0.25, -0.2) is 0 Å². The Kier molecular flexibility index (Phi) is 9.73. The number of anilines is 6. The second-order valence-electron chi connectivity index (χ2n) is 21.3. The lowest BCUT2D eigenvalue weighted by atomic mass is 9.42. The lowest BCUT2D eigenvalue weighted by Gasteiger charge is -2.56. The summed E-state index contributed by atoms with van der Waals surface area (Å²) in [6.45, 7) is 12.1. The van der Waals surface area contributed by atoms with Crippen molar-refractivity contribution in [2.75, 3.05) is 14.6 Å². The standard InChI is InChI=1S/C69H56BN3/c1-45-37-38-69(5)66-47(3)64(44-68(4,65(45)66)54-27-17-9-18-28-54)73-61-35-32-52(49-23-13-7-14-24-49)40-57(61)58-41-53(50-25-15-8-16-26-50)42-63-67(58)70(73)59-43-56(72(69)55-29-19-10-20-30-55)33-36-62(59)71(63)60-34-31-51(39-46(60)2)48-21-11-6-12-22-48/h6-45,47H,1-5H3. The van der Waals surface area contributed by atoms with Gasteiger partial charge in [-0.1, -0.05) is 184 Å². The van der Waals surface area contributed by atoms with Crippen molar-refractivity contribution in [3.05, 3.63) is 265 Å². The van der Waals surface area contributed by atoms with E-state index in [9.17, 15) is 0 Å². The molecule has 4 bridgehead atoms. The quantitative estimate of drug-likeness (QED) is 0.121. The Bertz CT molecular complexity index is 3770. The van der Waals surface area contributed by atoms with Crippen molar-refractivity contribution in [2.24, 2.45) is 11.8 Å². The third-order valence-corrected chi connectivity index (χ3v) is 17.0. The highest BCUT2D eigenvalue weighted by Gasteiger charge is 2.54. The van der Waals surface area contributed by atoms with Crippen molar-refractivity contribution in [1.29, 1.82) is 0 Å². The summed E-state index contributed by atoms with van der Waals surface area (Å²) < 4.78 is 0. The maximum absolute atomic E-state index is 2.81. The first-order valence-corrected chi connectivity index (χ1v) is 26.1. The molecule has 0 saturated carbocycles. The van der Waals surface area contributed by atoms with E-state index in [0.717, 1.165) is 0 Å². The molecule has 0 radical (unpaired) electrons. The first-order chi connectivity index (χ1) is 35.7. The second-order valence-corrected chi connectivity index (χ2v) is 21.3. The molecule has 14 rings (SSSR count). The van der Waals surface area contributed by atoms with Gasteiger partial charge in [-0.3, -0.25) is 0 Å². The largest absolute Gasteiger partial charge is 0.380 e. The smallest absolute Gasteiger partial charge is 0.332 e. The highest BCUT2D eigenvalue weighted by Crippen LogP contribution is 2.59. The van der Waals surface area contributed by atoms with Gasteiger partial charge in [0, 0.05) is 56.7 Å². The molecule has 4 unspecified atom stereocenters. The highest BCUT2D eigenvalue weighted by atomic mass is 15.2. The summed E-state index contributed by atoms with van der Waals surface area (Å²) in [6, 6.07) is 81.9. The molecule has 0 spiro atoms. The lowest BCUT2D eigenvalue weighted by Crippen LogP contribution is -2.65. The van der Waals surface area contributed by atoms with Gasteiger partial charge in [0.2, 0.25) is 0 Å². The van der Waals surface area contributed by atoms with Crippen molar-refractivity contribution in [2.45, 2.75) is 45.6 Å². The molecule has 9 aromatic carbocycles. The number of aryl methyl sites for hydroxylation is 1. The molecule has 0 aromatic heterocycles. The maximum atomic E-state index is 2.81. The first-order valence-electron chi connectivity index (χ1n) is 26.1. The van der Waals surface area contributed by atoms with Crippen molar-refractivity contribution < 1.29 is 0 Å². The van der Waals surface area contributed by atoms with Crippen LogP contribution in [0.2, 0.25) is 0 Å². The molecule has 0 saturated heterocycles. The minimum atomic E-state index is -0.527. The maximum Gasteiger partial charge on any atom is 0.332 e. The van der Waals surface area contributed by atoms with Gasteiger partial charge >= 0.3 is 6.85 Å². The molecule has 9 aromatic rings. The SMILES string of the molecule is Cc1cc(-c2ccccc2)ccc1N1c2ccc3cc2B2c4c(cc(-c5ccccc5)cc41)-c1cc(-c4ccccc4)ccc1N2C1=CC(C)(c2ccccc2)C2=C(C1C)C(C)(C=CC2C)N3c1ccccc1. The van der Waals surface area contributed by atoms with E-state index in [1.54, 1.807) is 0 Å². The summed E-state index contributed by atoms with van der Waals surface area (Å²) in [4.78, 5) is 8.07. The first kappa shape index (κ1) is 43.5. The molecule has 3 heterocycles. The fourth-order valence-corrected chi connectivity index (χ4v) is 13.8. The monoisotopic (exact) mass is 937 g/mol. The van der Waals surface area contributed by atoms with E-state index >= 15 is 0 Å². The summed E-state index contributed by atoms with van der Waals surface area (Å²) in [5, 5.41) is 0. The van der Waals surface area contributed by atoms with Crippen molar-refractivity contribution in [3.63, 3.8) is 0 Å².